The topological polar surface area (TPSA) is 442 Å². The van der Waals surface area contributed by atoms with E-state index in [1.54, 1.807) is 0 Å². The molecular formula is C36H56N11O17S-3. The molecule has 28 nitrogen and oxygen atoms in total. The standard InChI is InChI=1S/C36H56N11O17S/c1-17(49)45(62)12-5-8-20(37)30(55)39-21(9-6-13-46(63)18(2)50)31(56)40-22(10-7-14-47(64)19(3)51)32(57)41-23(16-48)33(58)42-25(35(59)60)26(52)29-27(53)28(54)34(65-29)44-15-11-24(38)43(4)36(44)61/h11,15,20-23,25-29,34,38,48,52-54H,5-10,12-14,16,37H2,1-4H3,(H,39,55)(H,40,56)(H,41,57)(H,42,58)(H,59,60)/q-3/t20-,21-,22-,23-,25+,26-,27+,28+,29+,34+/m0/s1. The first kappa shape index (κ1) is 55.6. The maximum Gasteiger partial charge on any atom is 0.330 e. The first-order valence-electron chi connectivity index (χ1n) is 20.0. The number of aliphatic carboxylic acids is 1. The molecule has 1 saturated heterocycles. The number of hydroxylamine groups is 6. The number of aliphatic hydroxyl groups excluding tert-OH is 4. The molecular weight excluding hydrogens is 891 g/mol. The third kappa shape index (κ3) is 16.1. The molecule has 0 radical (unpaired) electrons. The van der Waals surface area contributed by atoms with Crippen molar-refractivity contribution in [3.05, 3.63) is 43.9 Å². The summed E-state index contributed by atoms with van der Waals surface area (Å²) in [5.74, 6) is -9.11. The molecule has 0 unspecified atom stereocenters. The van der Waals surface area contributed by atoms with Crippen molar-refractivity contribution in [1.29, 1.82) is 5.41 Å². The first-order valence-corrected chi connectivity index (χ1v) is 21.0. The minimum absolute atomic E-state index is 0.0152. The van der Waals surface area contributed by atoms with Crippen LogP contribution in [0.4, 0.5) is 0 Å². The van der Waals surface area contributed by atoms with Crippen LogP contribution in [-0.2, 0) is 45.4 Å². The van der Waals surface area contributed by atoms with Crippen LogP contribution in [0.5, 0.6) is 0 Å². The van der Waals surface area contributed by atoms with Gasteiger partial charge in [0, 0.05) is 53.6 Å². The van der Waals surface area contributed by atoms with Crippen LogP contribution in [0.3, 0.4) is 0 Å². The van der Waals surface area contributed by atoms with Crippen LogP contribution < -0.4 is 38.2 Å². The van der Waals surface area contributed by atoms with E-state index >= 15 is 0 Å². The molecule has 2 rings (SSSR count). The van der Waals surface area contributed by atoms with Gasteiger partial charge < -0.3 is 83.3 Å². The van der Waals surface area contributed by atoms with E-state index < -0.39 is 138 Å². The van der Waals surface area contributed by atoms with Gasteiger partial charge in [-0.2, -0.15) is 0 Å². The molecule has 1 fully saturated rings. The number of carboxylic acid groups (broad SMARTS) is 1. The molecule has 0 aliphatic carbocycles. The van der Waals surface area contributed by atoms with Crippen LogP contribution >= 0.6 is 11.8 Å². The Hall–Kier alpha value is -5.53. The second-order valence-electron chi connectivity index (χ2n) is 15.0. The molecule has 1 aromatic heterocycles. The number of aliphatic hydroxyl groups is 4. The number of carbonyl (C=O) groups excluding carboxylic acids is 7. The minimum atomic E-state index is -2.28. The average molecular weight is 947 g/mol. The molecule has 12 N–H and O–H groups in total. The van der Waals surface area contributed by atoms with Gasteiger partial charge >= 0.3 is 11.7 Å². The number of nitrogens with zero attached hydrogens (tertiary/aromatic N) is 5. The van der Waals surface area contributed by atoms with Crippen molar-refractivity contribution in [2.24, 2.45) is 12.8 Å². The van der Waals surface area contributed by atoms with Gasteiger partial charge in [0.1, 0.15) is 35.1 Å². The van der Waals surface area contributed by atoms with E-state index in [-0.39, 0.29) is 59.3 Å². The highest BCUT2D eigenvalue weighted by atomic mass is 32.2. The number of hydrogen-bond acceptors (Lipinski definition) is 19. The number of hydrogen-bond donors (Lipinski definition) is 11. The van der Waals surface area contributed by atoms with Crippen LogP contribution in [-0.4, -0.2) is 177 Å². The van der Waals surface area contributed by atoms with Gasteiger partial charge in [-0.05, 0) is 44.6 Å². The van der Waals surface area contributed by atoms with Gasteiger partial charge in [-0.3, -0.25) is 48.1 Å². The lowest BCUT2D eigenvalue weighted by Crippen LogP contribution is -2.61. The second kappa shape index (κ2) is 25.8. The zero-order chi connectivity index (χ0) is 49.5. The number of amides is 7. The second-order valence-corrected chi connectivity index (χ2v) is 16.3. The third-order valence-electron chi connectivity index (χ3n) is 10.1. The largest absolute Gasteiger partial charge is 0.756 e. The molecule has 7 amide bonds. The summed E-state index contributed by atoms with van der Waals surface area (Å²) in [4.78, 5) is 113. The number of nitrogens with two attached hydrogens (primary N) is 1. The molecule has 1 aliphatic rings. The van der Waals surface area contributed by atoms with Gasteiger partial charge in [-0.1, -0.05) is 0 Å². The Kier molecular flexibility index (Phi) is 22.1. The molecule has 29 heteroatoms. The maximum absolute atomic E-state index is 13.7. The summed E-state index contributed by atoms with van der Waals surface area (Å²) >= 11 is 0.583. The molecule has 0 aromatic carbocycles. The quantitative estimate of drug-likeness (QED) is 0.0407. The number of carboxylic acids is 1. The molecule has 366 valence electrons. The summed E-state index contributed by atoms with van der Waals surface area (Å²) in [5, 5.41) is 102. The lowest BCUT2D eigenvalue weighted by molar-refractivity contribution is -0.146. The minimum Gasteiger partial charge on any atom is -0.756 e. The summed E-state index contributed by atoms with van der Waals surface area (Å²) in [6.07, 6.45) is -6.06. The zero-order valence-corrected chi connectivity index (χ0v) is 36.7. The lowest BCUT2D eigenvalue weighted by atomic mass is 10.00. The summed E-state index contributed by atoms with van der Waals surface area (Å²) in [7, 11) is 1.26. The van der Waals surface area contributed by atoms with Crippen molar-refractivity contribution >= 4 is 59.1 Å². The van der Waals surface area contributed by atoms with Crippen LogP contribution in [0.15, 0.2) is 17.1 Å². The van der Waals surface area contributed by atoms with Crippen molar-refractivity contribution in [3.63, 3.8) is 0 Å². The fourth-order valence-electron chi connectivity index (χ4n) is 6.22. The third-order valence-corrected chi connectivity index (χ3v) is 11.8. The molecule has 10 atom stereocenters. The van der Waals surface area contributed by atoms with Crippen molar-refractivity contribution in [2.75, 3.05) is 26.2 Å². The van der Waals surface area contributed by atoms with E-state index in [4.69, 9.17) is 11.1 Å². The van der Waals surface area contributed by atoms with Gasteiger partial charge in [-0.15, -0.1) is 11.8 Å². The van der Waals surface area contributed by atoms with Crippen molar-refractivity contribution in [1.82, 2.24) is 45.6 Å². The van der Waals surface area contributed by atoms with Crippen LogP contribution in [0, 0.1) is 21.0 Å². The van der Waals surface area contributed by atoms with Gasteiger partial charge in [0.2, 0.25) is 41.4 Å². The van der Waals surface area contributed by atoms with E-state index in [0.717, 1.165) is 36.1 Å². The molecule has 2 heterocycles. The van der Waals surface area contributed by atoms with Crippen LogP contribution in [0.2, 0.25) is 0 Å². The van der Waals surface area contributed by atoms with E-state index in [0.29, 0.717) is 11.8 Å². The maximum atomic E-state index is 13.7. The van der Waals surface area contributed by atoms with E-state index in [9.17, 15) is 84.3 Å². The molecule has 1 aliphatic heterocycles. The number of thioether (sulfide) groups is 1. The number of aromatic nitrogens is 2. The zero-order valence-electron chi connectivity index (χ0n) is 35.9. The fraction of sp³-hybridized carbons (Fsp3) is 0.667. The SMILES string of the molecule is CC(=O)N([O-])CCC[C@H](NC(=O)[C@H](CCCN([O-])C(C)=O)NC(=O)[C@@H](N)CCCN([O-])C(C)=O)C(=O)N[C@@H](CO)C(=O)N[C@@H](C(=O)O)[C@H](O)[C@H]1S[C@@H](n2ccc(=N)n(C)c2=O)[C@H](O)[C@H]1O. The number of carbonyl (C=O) groups is 8. The molecule has 65 heavy (non-hydrogen) atoms. The summed E-state index contributed by atoms with van der Waals surface area (Å²) < 4.78 is 1.86. The Balaban J connectivity index is 2.33. The van der Waals surface area contributed by atoms with Crippen LogP contribution in [0.1, 0.15) is 64.7 Å². The van der Waals surface area contributed by atoms with Crippen molar-refractivity contribution in [3.8, 4) is 0 Å². The predicted octanol–water partition coefficient (Wildman–Crippen LogP) is -5.91. The summed E-state index contributed by atoms with van der Waals surface area (Å²) in [6.45, 7) is 0.538. The first-order chi connectivity index (χ1) is 30.3. The fourth-order valence-corrected chi connectivity index (χ4v) is 7.80. The Morgan fingerprint density at radius 1 is 0.769 bits per heavy atom. The summed E-state index contributed by atoms with van der Waals surface area (Å²) in [6, 6.07) is -7.71. The number of rotatable bonds is 25. The van der Waals surface area contributed by atoms with Crippen LogP contribution in [0.25, 0.3) is 0 Å². The summed E-state index contributed by atoms with van der Waals surface area (Å²) in [5.41, 5.74) is 4.95. The number of nitrogens with one attached hydrogen (secondary N) is 5. The molecule has 0 spiro atoms. The Morgan fingerprint density at radius 3 is 1.65 bits per heavy atom. The van der Waals surface area contributed by atoms with Gasteiger partial charge in [-0.25, -0.2) is 9.59 Å². The highest BCUT2D eigenvalue weighted by Gasteiger charge is 2.50. The van der Waals surface area contributed by atoms with Gasteiger partial charge in [0.25, 0.3) is 0 Å². The molecule has 0 bridgehead atoms. The Morgan fingerprint density at radius 2 is 1.20 bits per heavy atom. The van der Waals surface area contributed by atoms with Crippen molar-refractivity contribution < 1.29 is 63.9 Å². The smallest absolute Gasteiger partial charge is 0.330 e. The predicted molar refractivity (Wildman–Crippen MR) is 224 cm³/mol. The van der Waals surface area contributed by atoms with Gasteiger partial charge in [0.05, 0.1) is 30.1 Å². The highest BCUT2D eigenvalue weighted by Crippen LogP contribution is 2.43. The molecule has 0 saturated carbocycles. The Bertz CT molecular complexity index is 1990. The van der Waals surface area contributed by atoms with E-state index in [1.165, 1.54) is 13.1 Å². The van der Waals surface area contributed by atoms with Crippen molar-refractivity contribution in [2.45, 2.75) is 118 Å². The Labute approximate surface area is 374 Å². The normalized spacial score (nSPS) is 19.6. The van der Waals surface area contributed by atoms with E-state index in [1.807, 2.05) is 5.32 Å². The van der Waals surface area contributed by atoms with Gasteiger partial charge in [0.15, 0.2) is 6.04 Å². The van der Waals surface area contributed by atoms with E-state index in [2.05, 4.69) is 16.0 Å². The highest BCUT2D eigenvalue weighted by molar-refractivity contribution is 8.00. The lowest BCUT2D eigenvalue weighted by Gasteiger charge is -2.30. The molecule has 1 aromatic rings. The average Bonchev–Trinajstić information content (AvgIpc) is 3.54. The monoisotopic (exact) mass is 946 g/mol.